The Labute approximate surface area is 214 Å². The molecule has 1 spiro atoms. The van der Waals surface area contributed by atoms with Gasteiger partial charge >= 0.3 is 6.09 Å². The van der Waals surface area contributed by atoms with Crippen molar-refractivity contribution in [2.45, 2.75) is 63.6 Å². The largest absolute Gasteiger partial charge is 0.443 e. The second kappa shape index (κ2) is 7.65. The third kappa shape index (κ3) is 3.47. The number of aromatic nitrogens is 5. The summed E-state index contributed by atoms with van der Waals surface area (Å²) in [5.41, 5.74) is 1.89. The van der Waals surface area contributed by atoms with Crippen LogP contribution in [0.3, 0.4) is 0 Å². The van der Waals surface area contributed by atoms with Crippen LogP contribution in [0.5, 0.6) is 0 Å². The standard InChI is InChI=1S/C26H28ClN7O2/c1-16-21-30-31-22(18-11-26(12-18)14-32(15-26)23-28-8-3-9-29-23)34(21)20-5-4-19(27)10-17(20)13-33(16)24(35)36-25(2)6-7-25/h3-5,8-10,16,18H,6-7,11-15H2,1-2H3. The first kappa shape index (κ1) is 22.0. The van der Waals surface area contributed by atoms with Crippen molar-refractivity contribution in [2.75, 3.05) is 18.0 Å². The fraction of sp³-hybridized carbons (Fsp3) is 0.500. The monoisotopic (exact) mass is 505 g/mol. The number of carbonyl (C=O) groups excluding carboxylic acids is 1. The van der Waals surface area contributed by atoms with E-state index < -0.39 is 0 Å². The van der Waals surface area contributed by atoms with Crippen LogP contribution in [0.25, 0.3) is 5.69 Å². The van der Waals surface area contributed by atoms with Crippen molar-refractivity contribution in [3.05, 3.63) is 58.9 Å². The molecule has 10 heteroatoms. The predicted molar refractivity (Wildman–Crippen MR) is 133 cm³/mol. The quantitative estimate of drug-likeness (QED) is 0.511. The number of anilines is 1. The van der Waals surface area contributed by atoms with Crippen molar-refractivity contribution in [3.63, 3.8) is 0 Å². The predicted octanol–water partition coefficient (Wildman–Crippen LogP) is 4.66. The molecule has 2 aliphatic heterocycles. The minimum atomic E-state index is -0.346. The molecule has 4 aliphatic rings. The summed E-state index contributed by atoms with van der Waals surface area (Å²) in [6, 6.07) is 7.41. The maximum absolute atomic E-state index is 13.2. The lowest BCUT2D eigenvalue weighted by molar-refractivity contribution is 0.0452. The second-order valence-electron chi connectivity index (χ2n) is 11.2. The molecule has 1 amide bonds. The molecule has 9 nitrogen and oxygen atoms in total. The summed E-state index contributed by atoms with van der Waals surface area (Å²) in [6.45, 7) is 6.33. The van der Waals surface area contributed by atoms with Crippen LogP contribution in [0.15, 0.2) is 36.7 Å². The van der Waals surface area contributed by atoms with Crippen molar-refractivity contribution in [1.29, 1.82) is 0 Å². The molecule has 3 fully saturated rings. The number of benzene rings is 1. The molecule has 3 aromatic rings. The molecule has 4 heterocycles. The molecule has 1 saturated heterocycles. The molecule has 2 aliphatic carbocycles. The Hall–Kier alpha value is -3.20. The Kier molecular flexibility index (Phi) is 4.68. The molecular weight excluding hydrogens is 478 g/mol. The Bertz CT molecular complexity index is 1340. The first-order valence-electron chi connectivity index (χ1n) is 12.6. The number of nitrogens with zero attached hydrogens (tertiary/aromatic N) is 7. The first-order chi connectivity index (χ1) is 17.3. The van der Waals surface area contributed by atoms with Crippen LogP contribution in [-0.4, -0.2) is 54.4 Å². The van der Waals surface area contributed by atoms with Gasteiger partial charge in [0.2, 0.25) is 5.95 Å². The van der Waals surface area contributed by atoms with Crippen molar-refractivity contribution < 1.29 is 9.53 Å². The number of rotatable bonds is 3. The highest BCUT2D eigenvalue weighted by molar-refractivity contribution is 6.30. The van der Waals surface area contributed by atoms with Gasteiger partial charge in [0.1, 0.15) is 11.4 Å². The zero-order chi connectivity index (χ0) is 24.7. The molecule has 1 unspecified atom stereocenters. The Morgan fingerprint density at radius 2 is 1.83 bits per heavy atom. The van der Waals surface area contributed by atoms with Crippen molar-refractivity contribution in [1.82, 2.24) is 29.6 Å². The molecule has 0 bridgehead atoms. The topological polar surface area (TPSA) is 89.3 Å². The van der Waals surface area contributed by atoms with Crippen LogP contribution in [0.2, 0.25) is 5.02 Å². The molecule has 0 N–H and O–H groups in total. The summed E-state index contributed by atoms with van der Waals surface area (Å²) >= 11 is 6.39. The minimum Gasteiger partial charge on any atom is -0.443 e. The third-order valence-corrected chi connectivity index (χ3v) is 8.55. The summed E-state index contributed by atoms with van der Waals surface area (Å²) in [5.74, 6) is 2.84. The van der Waals surface area contributed by atoms with Gasteiger partial charge in [0.25, 0.3) is 0 Å². The molecule has 36 heavy (non-hydrogen) atoms. The van der Waals surface area contributed by atoms with E-state index in [1.54, 1.807) is 17.3 Å². The lowest BCUT2D eigenvalue weighted by Crippen LogP contribution is -2.62. The summed E-state index contributed by atoms with van der Waals surface area (Å²) in [7, 11) is 0. The van der Waals surface area contributed by atoms with E-state index in [2.05, 4.69) is 29.6 Å². The van der Waals surface area contributed by atoms with Gasteiger partial charge in [-0.25, -0.2) is 14.8 Å². The number of amides is 1. The lowest BCUT2D eigenvalue weighted by atomic mass is 9.57. The normalized spacial score (nSPS) is 23.2. The zero-order valence-electron chi connectivity index (χ0n) is 20.4. The maximum Gasteiger partial charge on any atom is 0.411 e. The number of ether oxygens (including phenoxy) is 1. The molecule has 186 valence electrons. The lowest BCUT2D eigenvalue weighted by Gasteiger charge is -2.58. The van der Waals surface area contributed by atoms with Crippen LogP contribution in [0.4, 0.5) is 10.7 Å². The van der Waals surface area contributed by atoms with Crippen molar-refractivity contribution >= 4 is 23.6 Å². The van der Waals surface area contributed by atoms with Crippen molar-refractivity contribution in [3.8, 4) is 5.69 Å². The van der Waals surface area contributed by atoms with E-state index in [9.17, 15) is 4.79 Å². The number of carbonyl (C=O) groups is 1. The minimum absolute atomic E-state index is 0.282. The summed E-state index contributed by atoms with van der Waals surface area (Å²) in [6.07, 6.45) is 7.18. The van der Waals surface area contributed by atoms with Crippen LogP contribution in [-0.2, 0) is 11.3 Å². The fourth-order valence-corrected chi connectivity index (χ4v) is 6.20. The molecule has 2 saturated carbocycles. The Morgan fingerprint density at radius 1 is 1.11 bits per heavy atom. The van der Waals surface area contributed by atoms with Crippen LogP contribution < -0.4 is 4.90 Å². The summed E-state index contributed by atoms with van der Waals surface area (Å²) in [4.78, 5) is 26.0. The summed E-state index contributed by atoms with van der Waals surface area (Å²) in [5, 5.41) is 9.94. The molecule has 7 rings (SSSR count). The van der Waals surface area contributed by atoms with Crippen molar-refractivity contribution in [2.24, 2.45) is 5.41 Å². The van der Waals surface area contributed by atoms with Gasteiger partial charge in [-0.15, -0.1) is 10.2 Å². The van der Waals surface area contributed by atoms with Crippen LogP contribution in [0, 0.1) is 5.41 Å². The average molecular weight is 506 g/mol. The molecule has 0 radical (unpaired) electrons. The SMILES string of the molecule is CC1c2nnc(C3CC4(C3)CN(c3ncccn3)C4)n2-c2ccc(Cl)cc2CN1C(=O)OC1(C)CC1. The van der Waals surface area contributed by atoms with E-state index >= 15 is 0 Å². The highest BCUT2D eigenvalue weighted by atomic mass is 35.5. The average Bonchev–Trinajstić information content (AvgIpc) is 3.40. The van der Waals surface area contributed by atoms with E-state index in [0.29, 0.717) is 17.5 Å². The van der Waals surface area contributed by atoms with E-state index in [-0.39, 0.29) is 23.2 Å². The first-order valence-corrected chi connectivity index (χ1v) is 13.0. The number of halogens is 1. The Balaban J connectivity index is 1.17. The molecule has 2 aromatic heterocycles. The van der Waals surface area contributed by atoms with Gasteiger partial charge in [-0.1, -0.05) is 11.6 Å². The van der Waals surface area contributed by atoms with Gasteiger partial charge in [-0.3, -0.25) is 9.47 Å². The van der Waals surface area contributed by atoms with Gasteiger partial charge in [-0.05, 0) is 69.4 Å². The maximum atomic E-state index is 13.2. The highest BCUT2D eigenvalue weighted by Gasteiger charge is 2.55. The highest BCUT2D eigenvalue weighted by Crippen LogP contribution is 2.56. The van der Waals surface area contributed by atoms with Crippen LogP contribution in [0.1, 0.15) is 68.7 Å². The van der Waals surface area contributed by atoms with Gasteiger partial charge in [0.15, 0.2) is 5.82 Å². The Morgan fingerprint density at radius 3 is 2.56 bits per heavy atom. The molecule has 1 atom stereocenters. The molecule has 1 aromatic carbocycles. The smallest absolute Gasteiger partial charge is 0.411 e. The fourth-order valence-electron chi connectivity index (χ4n) is 6.01. The molecular formula is C26H28ClN7O2. The zero-order valence-corrected chi connectivity index (χ0v) is 21.1. The van der Waals surface area contributed by atoms with Gasteiger partial charge < -0.3 is 9.64 Å². The van der Waals surface area contributed by atoms with Gasteiger partial charge in [0.05, 0.1) is 18.3 Å². The number of fused-ring (bicyclic) bond motifs is 3. The van der Waals surface area contributed by atoms with Crippen LogP contribution >= 0.6 is 11.6 Å². The van der Waals surface area contributed by atoms with E-state index in [4.69, 9.17) is 16.3 Å². The van der Waals surface area contributed by atoms with E-state index in [0.717, 1.165) is 67.6 Å². The van der Waals surface area contributed by atoms with Gasteiger partial charge in [0, 0.05) is 41.8 Å². The number of hydrogen-bond acceptors (Lipinski definition) is 7. The number of hydrogen-bond donors (Lipinski definition) is 0. The van der Waals surface area contributed by atoms with E-state index in [1.165, 1.54) is 0 Å². The summed E-state index contributed by atoms with van der Waals surface area (Å²) < 4.78 is 8.00. The van der Waals surface area contributed by atoms with E-state index in [1.807, 2.05) is 38.1 Å². The second-order valence-corrected chi connectivity index (χ2v) is 11.6. The van der Waals surface area contributed by atoms with Gasteiger partial charge in [-0.2, -0.15) is 0 Å². The third-order valence-electron chi connectivity index (χ3n) is 8.31.